The molecule has 0 amide bonds. The summed E-state index contributed by atoms with van der Waals surface area (Å²) in [5, 5.41) is 8.29. The molecule has 88 valence electrons. The molecule has 2 rings (SSSR count). The van der Waals surface area contributed by atoms with Crippen molar-refractivity contribution in [3.63, 3.8) is 0 Å². The Labute approximate surface area is 94.6 Å². The Bertz CT molecular complexity index is 451. The van der Waals surface area contributed by atoms with Crippen LogP contribution in [-0.4, -0.2) is 27.7 Å². The van der Waals surface area contributed by atoms with Gasteiger partial charge in [0.05, 0.1) is 24.2 Å². The van der Waals surface area contributed by atoms with Crippen LogP contribution in [0.2, 0.25) is 0 Å². The summed E-state index contributed by atoms with van der Waals surface area (Å²) < 4.78 is 27.1. The Morgan fingerprint density at radius 2 is 1.94 bits per heavy atom. The SMILES string of the molecule is NS(=O)(=O)c1ccc(CNC2COC2)cc1. The zero-order chi connectivity index (χ0) is 11.6. The first-order chi connectivity index (χ1) is 7.55. The van der Waals surface area contributed by atoms with E-state index in [1.54, 1.807) is 12.1 Å². The lowest BCUT2D eigenvalue weighted by Crippen LogP contribution is -2.45. The van der Waals surface area contributed by atoms with Gasteiger partial charge in [0.15, 0.2) is 0 Å². The molecule has 5 nitrogen and oxygen atoms in total. The molecule has 0 saturated carbocycles. The highest BCUT2D eigenvalue weighted by atomic mass is 32.2. The topological polar surface area (TPSA) is 81.4 Å². The lowest BCUT2D eigenvalue weighted by molar-refractivity contribution is -0.00578. The summed E-state index contributed by atoms with van der Waals surface area (Å²) in [6.45, 7) is 2.20. The third-order valence-electron chi connectivity index (χ3n) is 2.48. The molecule has 0 unspecified atom stereocenters. The van der Waals surface area contributed by atoms with Crippen LogP contribution in [0.5, 0.6) is 0 Å². The molecule has 6 heteroatoms. The van der Waals surface area contributed by atoms with Crippen LogP contribution < -0.4 is 10.5 Å². The summed E-state index contributed by atoms with van der Waals surface area (Å²) in [6, 6.07) is 6.96. The maximum Gasteiger partial charge on any atom is 0.238 e. The first kappa shape index (κ1) is 11.5. The van der Waals surface area contributed by atoms with Crippen LogP contribution in [0, 0.1) is 0 Å². The fraction of sp³-hybridized carbons (Fsp3) is 0.400. The summed E-state index contributed by atoms with van der Waals surface area (Å²) in [5.41, 5.74) is 1.03. The lowest BCUT2D eigenvalue weighted by atomic mass is 10.2. The minimum atomic E-state index is -3.58. The Hall–Kier alpha value is -0.950. The molecule has 0 aliphatic carbocycles. The number of primary sulfonamides is 1. The molecule has 0 bridgehead atoms. The maximum atomic E-state index is 11.0. The molecule has 3 N–H and O–H groups in total. The van der Waals surface area contributed by atoms with E-state index in [4.69, 9.17) is 9.88 Å². The smallest absolute Gasteiger partial charge is 0.238 e. The van der Waals surface area contributed by atoms with Gasteiger partial charge in [-0.05, 0) is 17.7 Å². The summed E-state index contributed by atoms with van der Waals surface area (Å²) in [4.78, 5) is 0.142. The molecule has 1 aliphatic heterocycles. The Kier molecular flexibility index (Phi) is 3.25. The van der Waals surface area contributed by atoms with Crippen LogP contribution in [-0.2, 0) is 21.3 Å². The summed E-state index contributed by atoms with van der Waals surface area (Å²) in [6.07, 6.45) is 0. The van der Waals surface area contributed by atoms with Crippen molar-refractivity contribution < 1.29 is 13.2 Å². The Morgan fingerprint density at radius 1 is 1.31 bits per heavy atom. The zero-order valence-electron chi connectivity index (χ0n) is 8.72. The third-order valence-corrected chi connectivity index (χ3v) is 3.41. The molecule has 1 aliphatic rings. The molecule has 0 aromatic heterocycles. The third kappa shape index (κ3) is 2.79. The number of nitrogens with two attached hydrogens (primary N) is 1. The van der Waals surface area contributed by atoms with E-state index in [1.807, 2.05) is 0 Å². The summed E-state index contributed by atoms with van der Waals surface area (Å²) >= 11 is 0. The van der Waals surface area contributed by atoms with E-state index in [9.17, 15) is 8.42 Å². The molecule has 1 aromatic carbocycles. The van der Waals surface area contributed by atoms with Crippen LogP contribution >= 0.6 is 0 Å². The lowest BCUT2D eigenvalue weighted by Gasteiger charge is -2.27. The average molecular weight is 242 g/mol. The Morgan fingerprint density at radius 3 is 2.38 bits per heavy atom. The van der Waals surface area contributed by atoms with E-state index >= 15 is 0 Å². The van der Waals surface area contributed by atoms with Crippen molar-refractivity contribution >= 4 is 10.0 Å². The highest BCUT2D eigenvalue weighted by molar-refractivity contribution is 7.89. The number of hydrogen-bond acceptors (Lipinski definition) is 4. The molecule has 0 atom stereocenters. The highest BCUT2D eigenvalue weighted by Crippen LogP contribution is 2.09. The van der Waals surface area contributed by atoms with Gasteiger partial charge in [-0.1, -0.05) is 12.1 Å². The second-order valence-corrected chi connectivity index (χ2v) is 5.37. The van der Waals surface area contributed by atoms with Crippen molar-refractivity contribution in [2.45, 2.75) is 17.5 Å². The summed E-state index contributed by atoms with van der Waals surface area (Å²) in [5.74, 6) is 0. The van der Waals surface area contributed by atoms with Gasteiger partial charge in [0.1, 0.15) is 0 Å². The van der Waals surface area contributed by atoms with Crippen LogP contribution in [0.3, 0.4) is 0 Å². The molecular formula is C10H14N2O3S. The Balaban J connectivity index is 1.96. The van der Waals surface area contributed by atoms with Crippen molar-refractivity contribution in [3.8, 4) is 0 Å². The normalized spacial score (nSPS) is 17.1. The number of sulfonamides is 1. The van der Waals surface area contributed by atoms with Crippen molar-refractivity contribution in [2.75, 3.05) is 13.2 Å². The van der Waals surface area contributed by atoms with E-state index in [0.717, 1.165) is 18.8 Å². The van der Waals surface area contributed by atoms with E-state index in [2.05, 4.69) is 5.32 Å². The van der Waals surface area contributed by atoms with Gasteiger partial charge >= 0.3 is 0 Å². The largest absolute Gasteiger partial charge is 0.378 e. The highest BCUT2D eigenvalue weighted by Gasteiger charge is 2.16. The van der Waals surface area contributed by atoms with Crippen LogP contribution in [0.25, 0.3) is 0 Å². The van der Waals surface area contributed by atoms with Gasteiger partial charge in [-0.3, -0.25) is 0 Å². The number of benzene rings is 1. The molecule has 1 heterocycles. The maximum absolute atomic E-state index is 11.0. The zero-order valence-corrected chi connectivity index (χ0v) is 9.53. The van der Waals surface area contributed by atoms with Gasteiger partial charge in [-0.2, -0.15) is 0 Å². The van der Waals surface area contributed by atoms with Gasteiger partial charge in [-0.15, -0.1) is 0 Å². The monoisotopic (exact) mass is 242 g/mol. The van der Waals surface area contributed by atoms with E-state index in [0.29, 0.717) is 12.6 Å². The first-order valence-corrected chi connectivity index (χ1v) is 6.53. The van der Waals surface area contributed by atoms with E-state index in [1.165, 1.54) is 12.1 Å². The van der Waals surface area contributed by atoms with Gasteiger partial charge in [-0.25, -0.2) is 13.6 Å². The standard InChI is InChI=1S/C10H14N2O3S/c11-16(13,14)10-3-1-8(2-4-10)5-12-9-6-15-7-9/h1-4,9,12H,5-7H2,(H2,11,13,14). The second-order valence-electron chi connectivity index (χ2n) is 3.80. The van der Waals surface area contributed by atoms with Gasteiger partial charge in [0.2, 0.25) is 10.0 Å². The molecule has 1 aromatic rings. The predicted octanol–water partition coefficient (Wildman–Crippen LogP) is -0.178. The summed E-state index contributed by atoms with van der Waals surface area (Å²) in [7, 11) is -3.58. The number of rotatable bonds is 4. The van der Waals surface area contributed by atoms with Crippen molar-refractivity contribution in [3.05, 3.63) is 29.8 Å². The number of ether oxygens (including phenoxy) is 1. The molecule has 0 radical (unpaired) electrons. The number of nitrogens with one attached hydrogen (secondary N) is 1. The predicted molar refractivity (Wildman–Crippen MR) is 59.3 cm³/mol. The van der Waals surface area contributed by atoms with Crippen LogP contribution in [0.1, 0.15) is 5.56 Å². The minimum Gasteiger partial charge on any atom is -0.378 e. The molecule has 1 saturated heterocycles. The molecule has 1 fully saturated rings. The molecular weight excluding hydrogens is 228 g/mol. The fourth-order valence-corrected chi connectivity index (χ4v) is 1.93. The minimum absolute atomic E-state index is 0.142. The molecule has 0 spiro atoms. The van der Waals surface area contributed by atoms with Crippen molar-refractivity contribution in [1.82, 2.24) is 5.32 Å². The average Bonchev–Trinajstić information content (AvgIpc) is 2.15. The van der Waals surface area contributed by atoms with Gasteiger partial charge in [0.25, 0.3) is 0 Å². The van der Waals surface area contributed by atoms with Crippen molar-refractivity contribution in [1.29, 1.82) is 0 Å². The fourth-order valence-electron chi connectivity index (χ4n) is 1.41. The molecule has 16 heavy (non-hydrogen) atoms. The first-order valence-electron chi connectivity index (χ1n) is 4.98. The van der Waals surface area contributed by atoms with E-state index in [-0.39, 0.29) is 4.90 Å². The van der Waals surface area contributed by atoms with Gasteiger partial charge in [0, 0.05) is 6.54 Å². The quantitative estimate of drug-likeness (QED) is 0.767. The second kappa shape index (κ2) is 4.50. The van der Waals surface area contributed by atoms with Crippen LogP contribution in [0.15, 0.2) is 29.2 Å². The number of hydrogen-bond donors (Lipinski definition) is 2. The van der Waals surface area contributed by atoms with Gasteiger partial charge < -0.3 is 10.1 Å². The van der Waals surface area contributed by atoms with Crippen LogP contribution in [0.4, 0.5) is 0 Å². The van der Waals surface area contributed by atoms with E-state index < -0.39 is 10.0 Å². The van der Waals surface area contributed by atoms with Crippen molar-refractivity contribution in [2.24, 2.45) is 5.14 Å².